The summed E-state index contributed by atoms with van der Waals surface area (Å²) in [5.41, 5.74) is 6.30. The summed E-state index contributed by atoms with van der Waals surface area (Å²) >= 11 is 0. The molecular formula is C13H25N3. The lowest BCUT2D eigenvalue weighted by molar-refractivity contribution is 0.0934. The Bertz CT molecular complexity index is 275. The second-order valence-electron chi connectivity index (χ2n) is 5.71. The first-order chi connectivity index (χ1) is 7.59. The van der Waals surface area contributed by atoms with Crippen LogP contribution in [-0.2, 0) is 0 Å². The molecule has 1 spiro atoms. The average Bonchev–Trinajstić information content (AvgIpc) is 2.57. The fourth-order valence-electron chi connectivity index (χ4n) is 3.46. The van der Waals surface area contributed by atoms with E-state index in [1.54, 1.807) is 0 Å². The molecule has 3 nitrogen and oxygen atoms in total. The summed E-state index contributed by atoms with van der Waals surface area (Å²) < 4.78 is 0. The minimum absolute atomic E-state index is 0.268. The van der Waals surface area contributed by atoms with Crippen molar-refractivity contribution in [3.05, 3.63) is 0 Å². The van der Waals surface area contributed by atoms with Gasteiger partial charge in [0.2, 0.25) is 0 Å². The number of guanidine groups is 1. The van der Waals surface area contributed by atoms with Crippen LogP contribution in [0.25, 0.3) is 0 Å². The zero-order valence-corrected chi connectivity index (χ0v) is 10.9. The van der Waals surface area contributed by atoms with Gasteiger partial charge in [-0.05, 0) is 45.4 Å². The van der Waals surface area contributed by atoms with Gasteiger partial charge in [0.15, 0.2) is 5.96 Å². The number of hydrogen-bond donors (Lipinski definition) is 1. The van der Waals surface area contributed by atoms with Crippen molar-refractivity contribution in [2.45, 2.75) is 64.5 Å². The normalized spacial score (nSPS) is 34.9. The first-order valence-corrected chi connectivity index (χ1v) is 6.68. The van der Waals surface area contributed by atoms with E-state index in [9.17, 15) is 0 Å². The molecule has 1 aliphatic heterocycles. The van der Waals surface area contributed by atoms with Crippen LogP contribution in [0.3, 0.4) is 0 Å². The van der Waals surface area contributed by atoms with Crippen LogP contribution in [0.2, 0.25) is 0 Å². The summed E-state index contributed by atoms with van der Waals surface area (Å²) in [6.45, 7) is 7.68. The van der Waals surface area contributed by atoms with E-state index in [0.29, 0.717) is 6.04 Å². The summed E-state index contributed by atoms with van der Waals surface area (Å²) in [5, 5.41) is 0. The molecule has 0 radical (unpaired) electrons. The van der Waals surface area contributed by atoms with Crippen LogP contribution in [0.15, 0.2) is 4.99 Å². The molecule has 3 heteroatoms. The molecule has 2 rings (SSSR count). The summed E-state index contributed by atoms with van der Waals surface area (Å²) in [5.74, 6) is 1.70. The monoisotopic (exact) mass is 223 g/mol. The summed E-state index contributed by atoms with van der Waals surface area (Å²) in [6.07, 6.45) is 6.57. The van der Waals surface area contributed by atoms with Crippen LogP contribution in [0, 0.1) is 5.92 Å². The minimum atomic E-state index is 0.268. The molecule has 0 amide bonds. The molecule has 0 saturated heterocycles. The highest BCUT2D eigenvalue weighted by atomic mass is 15.4. The van der Waals surface area contributed by atoms with Gasteiger partial charge >= 0.3 is 0 Å². The molecule has 2 aliphatic rings. The highest BCUT2D eigenvalue weighted by Crippen LogP contribution is 2.41. The summed E-state index contributed by atoms with van der Waals surface area (Å²) in [6, 6.07) is 0.476. The van der Waals surface area contributed by atoms with E-state index < -0.39 is 0 Å². The molecule has 1 aliphatic carbocycles. The van der Waals surface area contributed by atoms with E-state index in [4.69, 9.17) is 5.73 Å². The molecule has 1 fully saturated rings. The number of hydrogen-bond acceptors (Lipinski definition) is 3. The molecule has 92 valence electrons. The average molecular weight is 223 g/mol. The highest BCUT2D eigenvalue weighted by Gasteiger charge is 2.45. The smallest absolute Gasteiger partial charge is 0.192 e. The van der Waals surface area contributed by atoms with Crippen LogP contribution in [0.5, 0.6) is 0 Å². The molecule has 0 bridgehead atoms. The molecule has 0 aromatic carbocycles. The Labute approximate surface area is 99.1 Å². The SMILES string of the molecule is CCC1CCC2(CC1)CN=C(N)N2C(C)C. The largest absolute Gasteiger partial charge is 0.370 e. The maximum Gasteiger partial charge on any atom is 0.192 e. The predicted molar refractivity (Wildman–Crippen MR) is 68.4 cm³/mol. The van der Waals surface area contributed by atoms with Crippen molar-refractivity contribution in [3.63, 3.8) is 0 Å². The van der Waals surface area contributed by atoms with Crippen molar-refractivity contribution in [2.75, 3.05) is 6.54 Å². The first kappa shape index (κ1) is 11.7. The van der Waals surface area contributed by atoms with Crippen LogP contribution < -0.4 is 5.73 Å². The van der Waals surface area contributed by atoms with Crippen molar-refractivity contribution in [2.24, 2.45) is 16.6 Å². The lowest BCUT2D eigenvalue weighted by Crippen LogP contribution is -2.56. The standard InChI is InChI=1S/C13H25N3/c1-4-11-5-7-13(8-6-11)9-15-12(14)16(13)10(2)3/h10-11H,4-9H2,1-3H3,(H2,14,15). The molecule has 16 heavy (non-hydrogen) atoms. The Hall–Kier alpha value is -0.730. The number of nitrogens with zero attached hydrogens (tertiary/aromatic N) is 2. The second kappa shape index (κ2) is 4.27. The van der Waals surface area contributed by atoms with Gasteiger partial charge in [0.05, 0.1) is 12.1 Å². The molecule has 0 unspecified atom stereocenters. The molecule has 1 heterocycles. The lowest BCUT2D eigenvalue weighted by atomic mass is 9.74. The van der Waals surface area contributed by atoms with E-state index in [1.807, 2.05) is 0 Å². The maximum absolute atomic E-state index is 6.03. The molecule has 0 atom stereocenters. The molecule has 1 saturated carbocycles. The van der Waals surface area contributed by atoms with Gasteiger partial charge < -0.3 is 10.6 Å². The van der Waals surface area contributed by atoms with Crippen molar-refractivity contribution < 1.29 is 0 Å². The molecule has 0 aromatic heterocycles. The number of rotatable bonds is 2. The Morgan fingerprint density at radius 3 is 2.56 bits per heavy atom. The molecule has 2 N–H and O–H groups in total. The first-order valence-electron chi connectivity index (χ1n) is 6.68. The Kier molecular flexibility index (Phi) is 3.13. The third kappa shape index (κ3) is 1.80. The van der Waals surface area contributed by atoms with Gasteiger partial charge in [0.1, 0.15) is 0 Å². The highest BCUT2D eigenvalue weighted by molar-refractivity contribution is 5.81. The van der Waals surface area contributed by atoms with Gasteiger partial charge in [-0.15, -0.1) is 0 Å². The zero-order chi connectivity index (χ0) is 11.8. The molecular weight excluding hydrogens is 198 g/mol. The Balaban J connectivity index is 2.09. The van der Waals surface area contributed by atoms with Crippen molar-refractivity contribution >= 4 is 5.96 Å². The van der Waals surface area contributed by atoms with E-state index in [0.717, 1.165) is 18.4 Å². The quantitative estimate of drug-likeness (QED) is 0.781. The third-order valence-corrected chi connectivity index (χ3v) is 4.42. The van der Waals surface area contributed by atoms with Crippen LogP contribution in [-0.4, -0.2) is 29.0 Å². The third-order valence-electron chi connectivity index (χ3n) is 4.42. The minimum Gasteiger partial charge on any atom is -0.370 e. The lowest BCUT2D eigenvalue weighted by Gasteiger charge is -2.46. The van der Waals surface area contributed by atoms with Gasteiger partial charge in [0.25, 0.3) is 0 Å². The van der Waals surface area contributed by atoms with Gasteiger partial charge in [-0.1, -0.05) is 13.3 Å². The number of nitrogens with two attached hydrogens (primary N) is 1. The Morgan fingerprint density at radius 1 is 1.44 bits per heavy atom. The number of aliphatic imine (C=N–C) groups is 1. The van der Waals surface area contributed by atoms with Gasteiger partial charge in [-0.2, -0.15) is 0 Å². The summed E-state index contributed by atoms with van der Waals surface area (Å²) in [7, 11) is 0. The van der Waals surface area contributed by atoms with Gasteiger partial charge in [0, 0.05) is 6.04 Å². The fourth-order valence-corrected chi connectivity index (χ4v) is 3.46. The van der Waals surface area contributed by atoms with Crippen molar-refractivity contribution in [3.8, 4) is 0 Å². The maximum atomic E-state index is 6.03. The van der Waals surface area contributed by atoms with Crippen molar-refractivity contribution in [1.82, 2.24) is 4.90 Å². The topological polar surface area (TPSA) is 41.6 Å². The Morgan fingerprint density at radius 2 is 2.06 bits per heavy atom. The van der Waals surface area contributed by atoms with Crippen molar-refractivity contribution in [1.29, 1.82) is 0 Å². The van der Waals surface area contributed by atoms with Crippen LogP contribution >= 0.6 is 0 Å². The summed E-state index contributed by atoms with van der Waals surface area (Å²) in [4.78, 5) is 6.86. The zero-order valence-electron chi connectivity index (χ0n) is 10.9. The second-order valence-corrected chi connectivity index (χ2v) is 5.71. The van der Waals surface area contributed by atoms with E-state index in [2.05, 4.69) is 30.7 Å². The van der Waals surface area contributed by atoms with Crippen LogP contribution in [0.1, 0.15) is 52.9 Å². The van der Waals surface area contributed by atoms with E-state index in [-0.39, 0.29) is 5.54 Å². The van der Waals surface area contributed by atoms with E-state index in [1.165, 1.54) is 32.1 Å². The molecule has 0 aromatic rings. The van der Waals surface area contributed by atoms with E-state index >= 15 is 0 Å². The van der Waals surface area contributed by atoms with Gasteiger partial charge in [-0.3, -0.25) is 4.99 Å². The fraction of sp³-hybridized carbons (Fsp3) is 0.923. The van der Waals surface area contributed by atoms with Crippen LogP contribution in [0.4, 0.5) is 0 Å². The predicted octanol–water partition coefficient (Wildman–Crippen LogP) is 2.36. The van der Waals surface area contributed by atoms with Gasteiger partial charge in [-0.25, -0.2) is 0 Å².